The summed E-state index contributed by atoms with van der Waals surface area (Å²) in [5, 5.41) is 7.64. The number of anilines is 1. The van der Waals surface area contributed by atoms with Gasteiger partial charge in [-0.05, 0) is 67.3 Å². The molecule has 0 bridgehead atoms. The fourth-order valence-corrected chi connectivity index (χ4v) is 4.49. The van der Waals surface area contributed by atoms with E-state index < -0.39 is 0 Å². The molecule has 0 spiro atoms. The molecule has 27 heavy (non-hydrogen) atoms. The second-order valence-corrected chi connectivity index (χ2v) is 8.17. The van der Waals surface area contributed by atoms with Crippen LogP contribution in [0.3, 0.4) is 0 Å². The summed E-state index contributed by atoms with van der Waals surface area (Å²) in [5.41, 5.74) is 1.94. The molecule has 6 nitrogen and oxygen atoms in total. The number of carbonyl (C=O) groups excluding carboxylic acids is 1. The Morgan fingerprint density at radius 3 is 2.63 bits per heavy atom. The molecule has 1 amide bonds. The van der Waals surface area contributed by atoms with Gasteiger partial charge in [-0.15, -0.1) is 0 Å². The number of aromatic nitrogens is 3. The predicted octanol–water partition coefficient (Wildman–Crippen LogP) is 4.97. The lowest BCUT2D eigenvalue weighted by molar-refractivity contribution is -0.117. The number of carbonyl (C=O) groups is 1. The Bertz CT molecular complexity index is 984. The van der Waals surface area contributed by atoms with E-state index in [1.54, 1.807) is 4.68 Å². The molecule has 3 aromatic rings. The number of halogens is 3. The summed E-state index contributed by atoms with van der Waals surface area (Å²) in [6.45, 7) is 0.409. The van der Waals surface area contributed by atoms with Gasteiger partial charge < -0.3 is 4.74 Å². The Hall–Kier alpha value is -1.90. The van der Waals surface area contributed by atoms with Gasteiger partial charge in [0.2, 0.25) is 11.9 Å². The Labute approximate surface area is 177 Å². The maximum absolute atomic E-state index is 12.0. The highest BCUT2D eigenvalue weighted by Gasteiger charge is 2.28. The van der Waals surface area contributed by atoms with Crippen LogP contribution in [0.15, 0.2) is 51.7 Å². The third-order valence-electron chi connectivity index (χ3n) is 4.20. The van der Waals surface area contributed by atoms with Gasteiger partial charge in [-0.2, -0.15) is 10.1 Å². The largest absolute Gasteiger partial charge is 0.487 e. The van der Waals surface area contributed by atoms with E-state index >= 15 is 0 Å². The second-order valence-electron chi connectivity index (χ2n) is 6.03. The minimum absolute atomic E-state index is 0.0872. The average molecular weight is 513 g/mol. The number of hydrogen-bond donors (Lipinski definition) is 1. The highest BCUT2D eigenvalue weighted by Crippen LogP contribution is 2.39. The maximum atomic E-state index is 12.0. The second kappa shape index (κ2) is 7.61. The molecule has 0 fully saturated rings. The van der Waals surface area contributed by atoms with Crippen LogP contribution in [0.25, 0.3) is 0 Å². The molecule has 1 aromatic heterocycles. The van der Waals surface area contributed by atoms with Crippen LogP contribution in [0.4, 0.5) is 5.95 Å². The Kier molecular flexibility index (Phi) is 5.21. The summed E-state index contributed by atoms with van der Waals surface area (Å²) >= 11 is 13.1. The molecule has 0 radical (unpaired) electrons. The molecular weight excluding hydrogens is 499 g/mol. The van der Waals surface area contributed by atoms with E-state index in [0.29, 0.717) is 29.7 Å². The lowest BCUT2D eigenvalue weighted by atomic mass is 10.0. The van der Waals surface area contributed by atoms with Crippen LogP contribution in [0, 0.1) is 0 Å². The van der Waals surface area contributed by atoms with Crippen molar-refractivity contribution in [2.75, 3.05) is 5.32 Å². The third-order valence-corrected chi connectivity index (χ3v) is 5.63. The summed E-state index contributed by atoms with van der Waals surface area (Å²) in [7, 11) is 0. The first-order chi connectivity index (χ1) is 13.0. The normalized spacial score (nSPS) is 16.0. The molecule has 1 aliphatic heterocycles. The molecule has 4 rings (SSSR count). The predicted molar refractivity (Wildman–Crippen MR) is 109 cm³/mol. The minimum atomic E-state index is -0.228. The third kappa shape index (κ3) is 3.88. The van der Waals surface area contributed by atoms with Crippen molar-refractivity contribution in [2.24, 2.45) is 0 Å². The van der Waals surface area contributed by atoms with Gasteiger partial charge in [0, 0.05) is 5.02 Å². The molecule has 0 saturated heterocycles. The first-order valence-electron chi connectivity index (χ1n) is 8.07. The van der Waals surface area contributed by atoms with Gasteiger partial charge in [-0.1, -0.05) is 23.7 Å². The van der Waals surface area contributed by atoms with E-state index in [4.69, 9.17) is 16.3 Å². The minimum Gasteiger partial charge on any atom is -0.487 e. The summed E-state index contributed by atoms with van der Waals surface area (Å²) < 4.78 is 9.24. The number of hydrogen-bond acceptors (Lipinski definition) is 4. The molecule has 1 aliphatic rings. The highest BCUT2D eigenvalue weighted by molar-refractivity contribution is 9.11. The molecule has 138 valence electrons. The Morgan fingerprint density at radius 2 is 1.93 bits per heavy atom. The van der Waals surface area contributed by atoms with Crippen LogP contribution in [0.5, 0.6) is 5.75 Å². The Morgan fingerprint density at radius 1 is 1.22 bits per heavy atom. The number of benzene rings is 2. The fraction of sp³-hybridized carbons (Fsp3) is 0.167. The zero-order valence-corrected chi connectivity index (χ0v) is 17.8. The average Bonchev–Trinajstić information content (AvgIpc) is 3.10. The van der Waals surface area contributed by atoms with E-state index in [1.165, 1.54) is 6.33 Å². The van der Waals surface area contributed by atoms with Crippen molar-refractivity contribution in [3.05, 3.63) is 67.8 Å². The standard InChI is InChI=1S/C18H13Br2ClN4O2/c19-13-5-11(15-7-16(26)24-18-22-9-23-25(15)18)6-14(20)17(13)27-8-10-1-3-12(21)4-2-10/h1-6,9,15H,7-8H2,(H,22,23,24,26)/t15-/m1/s1. The Balaban J connectivity index is 1.59. The zero-order valence-electron chi connectivity index (χ0n) is 13.8. The fourth-order valence-electron chi connectivity index (χ4n) is 2.91. The van der Waals surface area contributed by atoms with E-state index in [0.717, 1.165) is 20.1 Å². The smallest absolute Gasteiger partial charge is 0.229 e. The first kappa shape index (κ1) is 18.5. The number of fused-ring (bicyclic) bond motifs is 1. The van der Waals surface area contributed by atoms with Crippen LogP contribution in [0.2, 0.25) is 5.02 Å². The van der Waals surface area contributed by atoms with Crippen molar-refractivity contribution in [2.45, 2.75) is 19.1 Å². The van der Waals surface area contributed by atoms with Gasteiger partial charge in [-0.25, -0.2) is 4.68 Å². The summed E-state index contributed by atoms with van der Waals surface area (Å²) in [4.78, 5) is 16.1. The molecule has 0 unspecified atom stereocenters. The van der Waals surface area contributed by atoms with Gasteiger partial charge in [0.05, 0.1) is 21.4 Å². The number of amides is 1. The van der Waals surface area contributed by atoms with Crippen molar-refractivity contribution >= 4 is 55.3 Å². The lowest BCUT2D eigenvalue weighted by Crippen LogP contribution is -2.29. The van der Waals surface area contributed by atoms with Gasteiger partial charge >= 0.3 is 0 Å². The van der Waals surface area contributed by atoms with Crippen LogP contribution >= 0.6 is 43.5 Å². The van der Waals surface area contributed by atoms with Gasteiger partial charge in [0.1, 0.15) is 18.7 Å². The van der Waals surface area contributed by atoms with Crippen molar-refractivity contribution < 1.29 is 9.53 Å². The maximum Gasteiger partial charge on any atom is 0.229 e. The zero-order chi connectivity index (χ0) is 19.0. The number of nitrogens with zero attached hydrogens (tertiary/aromatic N) is 3. The first-order valence-corrected chi connectivity index (χ1v) is 10.0. The van der Waals surface area contributed by atoms with Gasteiger partial charge in [0.25, 0.3) is 0 Å². The summed E-state index contributed by atoms with van der Waals surface area (Å²) in [6, 6.07) is 11.2. The van der Waals surface area contributed by atoms with Gasteiger partial charge in [-0.3, -0.25) is 10.1 Å². The molecule has 0 saturated carbocycles. The molecule has 1 N–H and O–H groups in total. The van der Waals surface area contributed by atoms with Crippen molar-refractivity contribution in [1.29, 1.82) is 0 Å². The number of ether oxygens (including phenoxy) is 1. The monoisotopic (exact) mass is 510 g/mol. The topological polar surface area (TPSA) is 69.0 Å². The van der Waals surface area contributed by atoms with E-state index in [9.17, 15) is 4.79 Å². The van der Waals surface area contributed by atoms with Crippen molar-refractivity contribution in [3.63, 3.8) is 0 Å². The molecule has 2 aromatic carbocycles. The number of nitrogens with one attached hydrogen (secondary N) is 1. The van der Waals surface area contributed by atoms with E-state index in [-0.39, 0.29) is 11.9 Å². The molecule has 2 heterocycles. The quantitative estimate of drug-likeness (QED) is 0.536. The number of rotatable bonds is 4. The SMILES string of the molecule is O=C1C[C@H](c2cc(Br)c(OCc3ccc(Cl)cc3)c(Br)c2)n2ncnc2N1. The van der Waals surface area contributed by atoms with Crippen LogP contribution < -0.4 is 10.1 Å². The van der Waals surface area contributed by atoms with Crippen molar-refractivity contribution in [1.82, 2.24) is 14.8 Å². The van der Waals surface area contributed by atoms with Crippen LogP contribution in [-0.2, 0) is 11.4 Å². The molecule has 0 aliphatic carbocycles. The van der Waals surface area contributed by atoms with Crippen molar-refractivity contribution in [3.8, 4) is 5.75 Å². The highest BCUT2D eigenvalue weighted by atomic mass is 79.9. The summed E-state index contributed by atoms with van der Waals surface area (Å²) in [6.07, 6.45) is 1.72. The summed E-state index contributed by atoms with van der Waals surface area (Å²) in [5.74, 6) is 1.05. The molecular formula is C18H13Br2ClN4O2. The van der Waals surface area contributed by atoms with E-state index in [1.807, 2.05) is 36.4 Å². The molecule has 9 heteroatoms. The van der Waals surface area contributed by atoms with Gasteiger partial charge in [0.15, 0.2) is 0 Å². The van der Waals surface area contributed by atoms with Crippen LogP contribution in [-0.4, -0.2) is 20.7 Å². The van der Waals surface area contributed by atoms with Crippen LogP contribution in [0.1, 0.15) is 23.6 Å². The van der Waals surface area contributed by atoms with E-state index in [2.05, 4.69) is 47.3 Å². The molecule has 1 atom stereocenters. The lowest BCUT2D eigenvalue weighted by Gasteiger charge is -2.24.